The standard InChI is InChI=1S/C25H20N4/c1-17-26-24(28-22-12-10-18-6-2-4-8-20(18)14-22)16-25(27-17)29-23-13-11-19-7-3-5-9-21(19)15-23/h2-16H,1H3,(H2,26,27,28,29). The second-order valence-electron chi connectivity index (χ2n) is 7.06. The first-order valence-corrected chi connectivity index (χ1v) is 9.60. The minimum absolute atomic E-state index is 0.707. The molecule has 0 radical (unpaired) electrons. The van der Waals surface area contributed by atoms with E-state index >= 15 is 0 Å². The quantitative estimate of drug-likeness (QED) is 0.372. The molecule has 0 fully saturated rings. The van der Waals surface area contributed by atoms with Gasteiger partial charge >= 0.3 is 0 Å². The van der Waals surface area contributed by atoms with E-state index in [2.05, 4.69) is 81.3 Å². The molecular weight excluding hydrogens is 356 g/mol. The summed E-state index contributed by atoms with van der Waals surface area (Å²) >= 11 is 0. The highest BCUT2D eigenvalue weighted by atomic mass is 15.1. The average molecular weight is 376 g/mol. The van der Waals surface area contributed by atoms with Crippen molar-refractivity contribution in [2.24, 2.45) is 0 Å². The fourth-order valence-corrected chi connectivity index (χ4v) is 3.53. The van der Waals surface area contributed by atoms with Gasteiger partial charge in [-0.2, -0.15) is 0 Å². The van der Waals surface area contributed by atoms with Crippen molar-refractivity contribution in [3.8, 4) is 0 Å². The molecule has 5 aromatic rings. The zero-order valence-electron chi connectivity index (χ0n) is 16.1. The summed E-state index contributed by atoms with van der Waals surface area (Å²) in [6.07, 6.45) is 0. The molecule has 0 atom stereocenters. The van der Waals surface area contributed by atoms with Crippen LogP contribution in [0.5, 0.6) is 0 Å². The van der Waals surface area contributed by atoms with Crippen LogP contribution >= 0.6 is 0 Å². The van der Waals surface area contributed by atoms with Crippen molar-refractivity contribution in [3.63, 3.8) is 0 Å². The van der Waals surface area contributed by atoms with Crippen LogP contribution in [0, 0.1) is 6.92 Å². The smallest absolute Gasteiger partial charge is 0.136 e. The fourth-order valence-electron chi connectivity index (χ4n) is 3.53. The second kappa shape index (κ2) is 7.24. The fraction of sp³-hybridized carbons (Fsp3) is 0.0400. The molecule has 140 valence electrons. The molecule has 0 spiro atoms. The van der Waals surface area contributed by atoms with Gasteiger partial charge in [0.25, 0.3) is 0 Å². The first kappa shape index (κ1) is 17.2. The Hall–Kier alpha value is -3.92. The molecule has 0 saturated carbocycles. The van der Waals surface area contributed by atoms with Crippen LogP contribution in [0.15, 0.2) is 91.0 Å². The number of nitrogens with zero attached hydrogens (tertiary/aromatic N) is 2. The molecule has 4 heteroatoms. The van der Waals surface area contributed by atoms with Gasteiger partial charge in [-0.1, -0.05) is 60.7 Å². The second-order valence-corrected chi connectivity index (χ2v) is 7.06. The van der Waals surface area contributed by atoms with Gasteiger partial charge in [0, 0.05) is 17.4 Å². The Morgan fingerprint density at radius 1 is 0.517 bits per heavy atom. The molecule has 0 bridgehead atoms. The van der Waals surface area contributed by atoms with Crippen LogP contribution in [0.2, 0.25) is 0 Å². The highest BCUT2D eigenvalue weighted by Crippen LogP contribution is 2.25. The summed E-state index contributed by atoms with van der Waals surface area (Å²) in [6.45, 7) is 1.90. The minimum atomic E-state index is 0.707. The maximum atomic E-state index is 4.54. The van der Waals surface area contributed by atoms with Crippen LogP contribution in [0.1, 0.15) is 5.82 Å². The Kier molecular flexibility index (Phi) is 4.30. The van der Waals surface area contributed by atoms with Crippen molar-refractivity contribution in [3.05, 3.63) is 96.8 Å². The number of nitrogens with one attached hydrogen (secondary N) is 2. The van der Waals surface area contributed by atoms with E-state index in [4.69, 9.17) is 0 Å². The molecule has 0 aliphatic rings. The van der Waals surface area contributed by atoms with E-state index in [9.17, 15) is 0 Å². The Morgan fingerprint density at radius 2 is 0.966 bits per heavy atom. The SMILES string of the molecule is Cc1nc(Nc2ccc3ccccc3c2)cc(Nc2ccc3ccccc3c2)n1. The van der Waals surface area contributed by atoms with Crippen LogP contribution in [0.25, 0.3) is 21.5 Å². The van der Waals surface area contributed by atoms with Crippen molar-refractivity contribution in [1.29, 1.82) is 0 Å². The Labute approximate surface area is 169 Å². The van der Waals surface area contributed by atoms with Crippen molar-refractivity contribution in [2.45, 2.75) is 6.92 Å². The lowest BCUT2D eigenvalue weighted by Gasteiger charge is -2.11. The largest absolute Gasteiger partial charge is 0.340 e. The predicted molar refractivity (Wildman–Crippen MR) is 121 cm³/mol. The molecule has 4 aromatic carbocycles. The van der Waals surface area contributed by atoms with Gasteiger partial charge in [-0.3, -0.25) is 0 Å². The van der Waals surface area contributed by atoms with E-state index in [-0.39, 0.29) is 0 Å². The van der Waals surface area contributed by atoms with Gasteiger partial charge in [0.15, 0.2) is 0 Å². The van der Waals surface area contributed by atoms with Crippen LogP contribution in [0.3, 0.4) is 0 Å². The van der Waals surface area contributed by atoms with E-state index in [1.54, 1.807) is 0 Å². The van der Waals surface area contributed by atoms with Crippen molar-refractivity contribution in [2.75, 3.05) is 10.6 Å². The molecule has 5 rings (SSSR count). The highest BCUT2D eigenvalue weighted by molar-refractivity contribution is 5.87. The molecule has 0 aliphatic carbocycles. The van der Waals surface area contributed by atoms with Crippen molar-refractivity contribution in [1.82, 2.24) is 9.97 Å². The average Bonchev–Trinajstić information content (AvgIpc) is 2.73. The minimum Gasteiger partial charge on any atom is -0.340 e. The molecule has 1 aromatic heterocycles. The molecule has 0 unspecified atom stereocenters. The monoisotopic (exact) mass is 376 g/mol. The third-order valence-electron chi connectivity index (χ3n) is 4.88. The summed E-state index contributed by atoms with van der Waals surface area (Å²) in [7, 11) is 0. The summed E-state index contributed by atoms with van der Waals surface area (Å²) in [5.41, 5.74) is 2.00. The molecule has 29 heavy (non-hydrogen) atoms. The van der Waals surface area contributed by atoms with E-state index in [0.29, 0.717) is 5.82 Å². The lowest BCUT2D eigenvalue weighted by atomic mass is 10.1. The number of hydrogen-bond acceptors (Lipinski definition) is 4. The van der Waals surface area contributed by atoms with Crippen molar-refractivity contribution < 1.29 is 0 Å². The lowest BCUT2D eigenvalue weighted by Crippen LogP contribution is -2.01. The zero-order valence-corrected chi connectivity index (χ0v) is 16.1. The molecule has 0 amide bonds. The summed E-state index contributed by atoms with van der Waals surface area (Å²) in [5.74, 6) is 2.23. The van der Waals surface area contributed by atoms with Crippen LogP contribution in [-0.4, -0.2) is 9.97 Å². The molecule has 4 nitrogen and oxygen atoms in total. The number of rotatable bonds is 4. The summed E-state index contributed by atoms with van der Waals surface area (Å²) < 4.78 is 0. The normalized spacial score (nSPS) is 10.9. The number of fused-ring (bicyclic) bond motifs is 2. The Bertz CT molecular complexity index is 1230. The van der Waals surface area contributed by atoms with Gasteiger partial charge < -0.3 is 10.6 Å². The van der Waals surface area contributed by atoms with Gasteiger partial charge in [0.2, 0.25) is 0 Å². The van der Waals surface area contributed by atoms with Gasteiger partial charge in [0.1, 0.15) is 17.5 Å². The van der Waals surface area contributed by atoms with Crippen LogP contribution < -0.4 is 10.6 Å². The summed E-state index contributed by atoms with van der Waals surface area (Å²) in [5, 5.41) is 11.6. The lowest BCUT2D eigenvalue weighted by molar-refractivity contribution is 1.06. The molecule has 1 heterocycles. The van der Waals surface area contributed by atoms with Gasteiger partial charge in [-0.15, -0.1) is 0 Å². The van der Waals surface area contributed by atoms with Gasteiger partial charge in [-0.25, -0.2) is 9.97 Å². The molecule has 0 aliphatic heterocycles. The predicted octanol–water partition coefficient (Wildman–Crippen LogP) is 6.58. The number of benzene rings is 4. The number of hydrogen-bond donors (Lipinski definition) is 2. The van der Waals surface area contributed by atoms with E-state index in [1.165, 1.54) is 21.5 Å². The first-order valence-electron chi connectivity index (χ1n) is 9.60. The molecular formula is C25H20N4. The third-order valence-corrected chi connectivity index (χ3v) is 4.88. The molecule has 2 N–H and O–H groups in total. The van der Waals surface area contributed by atoms with E-state index in [1.807, 2.05) is 37.3 Å². The molecule has 0 saturated heterocycles. The number of anilines is 4. The van der Waals surface area contributed by atoms with Gasteiger partial charge in [-0.05, 0) is 52.7 Å². The maximum absolute atomic E-state index is 4.54. The maximum Gasteiger partial charge on any atom is 0.136 e. The number of aromatic nitrogens is 2. The number of aryl methyl sites for hydroxylation is 1. The van der Waals surface area contributed by atoms with Gasteiger partial charge in [0.05, 0.1) is 0 Å². The van der Waals surface area contributed by atoms with E-state index < -0.39 is 0 Å². The van der Waals surface area contributed by atoms with Crippen molar-refractivity contribution >= 4 is 44.6 Å². The Morgan fingerprint density at radius 3 is 1.45 bits per heavy atom. The topological polar surface area (TPSA) is 49.8 Å². The summed E-state index contributed by atoms with van der Waals surface area (Å²) in [4.78, 5) is 9.08. The van der Waals surface area contributed by atoms with E-state index in [0.717, 1.165) is 23.0 Å². The summed E-state index contributed by atoms with van der Waals surface area (Å²) in [6, 6.07) is 31.2. The third kappa shape index (κ3) is 3.73. The zero-order chi connectivity index (χ0) is 19.6. The van der Waals surface area contributed by atoms with Crippen LogP contribution in [-0.2, 0) is 0 Å². The first-order chi connectivity index (χ1) is 14.2. The Balaban J connectivity index is 1.42. The van der Waals surface area contributed by atoms with Crippen LogP contribution in [0.4, 0.5) is 23.0 Å². The highest BCUT2D eigenvalue weighted by Gasteiger charge is 2.05.